The van der Waals surface area contributed by atoms with Gasteiger partial charge in [0.25, 0.3) is 5.91 Å². The Bertz CT molecular complexity index is 782. The van der Waals surface area contributed by atoms with E-state index in [1.54, 1.807) is 24.3 Å². The molecule has 130 valence electrons. The number of carbonyl (C=O) groups excluding carboxylic acids is 2. The van der Waals surface area contributed by atoms with Gasteiger partial charge in [0.05, 0.1) is 0 Å². The maximum atomic E-state index is 12.7. The van der Waals surface area contributed by atoms with Gasteiger partial charge in [-0.15, -0.1) is 0 Å². The Morgan fingerprint density at radius 3 is 2.40 bits per heavy atom. The molecule has 0 atom stereocenters. The first-order chi connectivity index (χ1) is 12.0. The summed E-state index contributed by atoms with van der Waals surface area (Å²) in [5.74, 6) is -0.0300. The van der Waals surface area contributed by atoms with Crippen LogP contribution in [0.25, 0.3) is 0 Å². The lowest BCUT2D eigenvalue weighted by atomic mass is 10.1. The van der Waals surface area contributed by atoms with Crippen molar-refractivity contribution in [3.8, 4) is 0 Å². The van der Waals surface area contributed by atoms with Gasteiger partial charge in [0, 0.05) is 43.1 Å². The molecule has 1 aliphatic heterocycles. The third kappa shape index (κ3) is 3.91. The van der Waals surface area contributed by atoms with Crippen LogP contribution in [-0.2, 0) is 0 Å². The van der Waals surface area contributed by atoms with Crippen LogP contribution in [0.1, 0.15) is 15.9 Å². The van der Waals surface area contributed by atoms with Gasteiger partial charge in [0.2, 0.25) is 0 Å². The maximum absolute atomic E-state index is 12.7. The third-order valence-corrected chi connectivity index (χ3v) is 4.40. The standard InChI is InChI=1S/C19H22N4O2/c1-14-5-2-3-8-17(14)22-9-11-23(12-10-22)18(24)15-6-4-7-16(13-15)21-19(20)25/h2-8,13H,9-12H2,1H3,(H3,20,21,25). The first kappa shape index (κ1) is 16.8. The minimum Gasteiger partial charge on any atom is -0.368 e. The Morgan fingerprint density at radius 2 is 1.72 bits per heavy atom. The highest BCUT2D eigenvalue weighted by molar-refractivity contribution is 5.96. The number of para-hydroxylation sites is 1. The largest absolute Gasteiger partial charge is 0.368 e. The second-order valence-corrected chi connectivity index (χ2v) is 6.14. The van der Waals surface area contributed by atoms with E-state index in [1.165, 1.54) is 11.3 Å². The molecule has 6 nitrogen and oxygen atoms in total. The van der Waals surface area contributed by atoms with Gasteiger partial charge in [0.15, 0.2) is 0 Å². The van der Waals surface area contributed by atoms with Crippen molar-refractivity contribution in [3.05, 3.63) is 59.7 Å². The summed E-state index contributed by atoms with van der Waals surface area (Å²) in [4.78, 5) is 27.8. The quantitative estimate of drug-likeness (QED) is 0.902. The normalized spacial score (nSPS) is 14.3. The van der Waals surface area contributed by atoms with Gasteiger partial charge in [-0.25, -0.2) is 4.79 Å². The number of aryl methyl sites for hydroxylation is 1. The number of carbonyl (C=O) groups is 2. The molecule has 1 saturated heterocycles. The predicted octanol–water partition coefficient (Wildman–Crippen LogP) is 2.45. The van der Waals surface area contributed by atoms with Crippen LogP contribution in [0, 0.1) is 6.92 Å². The number of hydrogen-bond acceptors (Lipinski definition) is 3. The zero-order chi connectivity index (χ0) is 17.8. The fraction of sp³-hybridized carbons (Fsp3) is 0.263. The van der Waals surface area contributed by atoms with Crippen molar-refractivity contribution in [2.24, 2.45) is 5.73 Å². The molecule has 0 aromatic heterocycles. The van der Waals surface area contributed by atoms with Crippen molar-refractivity contribution in [1.82, 2.24) is 4.90 Å². The summed E-state index contributed by atoms with van der Waals surface area (Å²) in [6.07, 6.45) is 0. The van der Waals surface area contributed by atoms with E-state index in [-0.39, 0.29) is 5.91 Å². The summed E-state index contributed by atoms with van der Waals surface area (Å²) in [7, 11) is 0. The average molecular weight is 338 g/mol. The second-order valence-electron chi connectivity index (χ2n) is 6.14. The number of nitrogens with two attached hydrogens (primary N) is 1. The third-order valence-electron chi connectivity index (χ3n) is 4.40. The van der Waals surface area contributed by atoms with E-state index < -0.39 is 6.03 Å². The zero-order valence-electron chi connectivity index (χ0n) is 14.2. The van der Waals surface area contributed by atoms with Crippen LogP contribution in [0.15, 0.2) is 48.5 Å². The lowest BCUT2D eigenvalue weighted by molar-refractivity contribution is 0.0747. The SMILES string of the molecule is Cc1ccccc1N1CCN(C(=O)c2cccc(NC(N)=O)c2)CC1. The molecule has 3 rings (SSSR count). The lowest BCUT2D eigenvalue weighted by Crippen LogP contribution is -2.49. The number of benzene rings is 2. The van der Waals surface area contributed by atoms with Crippen LogP contribution in [0.5, 0.6) is 0 Å². The van der Waals surface area contributed by atoms with Gasteiger partial charge in [-0.05, 0) is 36.8 Å². The molecule has 0 bridgehead atoms. The molecule has 1 fully saturated rings. The molecule has 0 spiro atoms. The fourth-order valence-corrected chi connectivity index (χ4v) is 3.12. The van der Waals surface area contributed by atoms with E-state index >= 15 is 0 Å². The molecule has 3 amide bonds. The van der Waals surface area contributed by atoms with E-state index in [2.05, 4.69) is 29.3 Å². The molecule has 1 aliphatic rings. The van der Waals surface area contributed by atoms with Crippen LogP contribution in [0.3, 0.4) is 0 Å². The topological polar surface area (TPSA) is 78.7 Å². The minimum atomic E-state index is -0.642. The van der Waals surface area contributed by atoms with Gasteiger partial charge in [-0.2, -0.15) is 0 Å². The molecule has 0 saturated carbocycles. The highest BCUT2D eigenvalue weighted by Crippen LogP contribution is 2.21. The van der Waals surface area contributed by atoms with Crippen molar-refractivity contribution in [3.63, 3.8) is 0 Å². The Kier molecular flexibility index (Phi) is 4.88. The van der Waals surface area contributed by atoms with Gasteiger partial charge < -0.3 is 20.9 Å². The molecule has 0 unspecified atom stereocenters. The van der Waals surface area contributed by atoms with E-state index in [1.807, 2.05) is 17.0 Å². The molecule has 25 heavy (non-hydrogen) atoms. The monoisotopic (exact) mass is 338 g/mol. The number of nitrogens with one attached hydrogen (secondary N) is 1. The molecular weight excluding hydrogens is 316 g/mol. The highest BCUT2D eigenvalue weighted by atomic mass is 16.2. The smallest absolute Gasteiger partial charge is 0.316 e. The van der Waals surface area contributed by atoms with Crippen LogP contribution < -0.4 is 16.0 Å². The summed E-state index contributed by atoms with van der Waals surface area (Å²) < 4.78 is 0. The number of primary amides is 1. The molecule has 0 radical (unpaired) electrons. The van der Waals surface area contributed by atoms with Crippen molar-refractivity contribution < 1.29 is 9.59 Å². The van der Waals surface area contributed by atoms with E-state index in [9.17, 15) is 9.59 Å². The van der Waals surface area contributed by atoms with Gasteiger partial charge in [-0.1, -0.05) is 24.3 Å². The summed E-state index contributed by atoms with van der Waals surface area (Å²) >= 11 is 0. The zero-order valence-corrected chi connectivity index (χ0v) is 14.2. The Morgan fingerprint density at radius 1 is 1.00 bits per heavy atom. The van der Waals surface area contributed by atoms with Crippen molar-refractivity contribution in [2.75, 3.05) is 36.4 Å². The van der Waals surface area contributed by atoms with Crippen LogP contribution in [-0.4, -0.2) is 43.0 Å². The first-order valence-corrected chi connectivity index (χ1v) is 8.31. The summed E-state index contributed by atoms with van der Waals surface area (Å²) in [5, 5.41) is 2.50. The fourth-order valence-electron chi connectivity index (χ4n) is 3.12. The molecular formula is C19H22N4O2. The molecule has 1 heterocycles. The molecule has 6 heteroatoms. The van der Waals surface area contributed by atoms with Crippen LogP contribution in [0.4, 0.5) is 16.2 Å². The average Bonchev–Trinajstić information content (AvgIpc) is 2.61. The summed E-state index contributed by atoms with van der Waals surface area (Å²) in [6, 6.07) is 14.5. The number of hydrogen-bond donors (Lipinski definition) is 2. The summed E-state index contributed by atoms with van der Waals surface area (Å²) in [5.41, 5.74) is 8.67. The Hall–Kier alpha value is -3.02. The van der Waals surface area contributed by atoms with Gasteiger partial charge in [0.1, 0.15) is 0 Å². The highest BCUT2D eigenvalue weighted by Gasteiger charge is 2.23. The number of piperazine rings is 1. The van der Waals surface area contributed by atoms with Crippen LogP contribution >= 0.6 is 0 Å². The lowest BCUT2D eigenvalue weighted by Gasteiger charge is -2.36. The van der Waals surface area contributed by atoms with Gasteiger partial charge >= 0.3 is 6.03 Å². The molecule has 2 aromatic rings. The van der Waals surface area contributed by atoms with Crippen molar-refractivity contribution in [2.45, 2.75) is 6.92 Å². The predicted molar refractivity (Wildman–Crippen MR) is 98.9 cm³/mol. The maximum Gasteiger partial charge on any atom is 0.316 e. The van der Waals surface area contributed by atoms with Crippen molar-refractivity contribution >= 4 is 23.3 Å². The van der Waals surface area contributed by atoms with Crippen molar-refractivity contribution in [1.29, 1.82) is 0 Å². The number of rotatable bonds is 3. The first-order valence-electron chi connectivity index (χ1n) is 8.31. The van der Waals surface area contributed by atoms with Gasteiger partial charge in [-0.3, -0.25) is 4.79 Å². The number of urea groups is 1. The molecule has 0 aliphatic carbocycles. The molecule has 3 N–H and O–H groups in total. The Labute approximate surface area is 147 Å². The number of nitrogens with zero attached hydrogens (tertiary/aromatic N) is 2. The molecule has 2 aromatic carbocycles. The van der Waals surface area contributed by atoms with Crippen LogP contribution in [0.2, 0.25) is 0 Å². The number of anilines is 2. The second kappa shape index (κ2) is 7.25. The number of amides is 3. The summed E-state index contributed by atoms with van der Waals surface area (Å²) in [6.45, 7) is 5.04. The van der Waals surface area contributed by atoms with E-state index in [0.29, 0.717) is 24.3 Å². The van der Waals surface area contributed by atoms with E-state index in [4.69, 9.17) is 5.73 Å². The van der Waals surface area contributed by atoms with E-state index in [0.717, 1.165) is 13.1 Å². The minimum absolute atomic E-state index is 0.0300. The Balaban J connectivity index is 1.66.